The van der Waals surface area contributed by atoms with Gasteiger partial charge in [-0.3, -0.25) is 4.79 Å². The Labute approximate surface area is 105 Å². The van der Waals surface area contributed by atoms with Crippen LogP contribution in [0.4, 0.5) is 14.5 Å². The van der Waals surface area contributed by atoms with E-state index in [1.807, 2.05) is 5.32 Å². The lowest BCUT2D eigenvalue weighted by molar-refractivity contribution is 0.0696. The third-order valence-corrected chi connectivity index (χ3v) is 2.27. The van der Waals surface area contributed by atoms with Crippen LogP contribution in [0.25, 0.3) is 0 Å². The monoisotopic (exact) mass is 267 g/mol. The first-order valence-corrected chi connectivity index (χ1v) is 5.06. The van der Waals surface area contributed by atoms with Gasteiger partial charge in [-0.05, 0) is 12.1 Å². The number of nitrogens with one attached hydrogen (secondary N) is 1. The number of carbonyl (C=O) groups is 2. The first kappa shape index (κ1) is 12.7. The molecule has 0 atom stereocenters. The number of carboxylic acid groups (broad SMARTS) is 1. The minimum Gasteiger partial charge on any atom is -0.478 e. The maximum Gasteiger partial charge on any atom is 0.338 e. The molecular weight excluding hydrogens is 260 g/mol. The van der Waals surface area contributed by atoms with Crippen LogP contribution < -0.4 is 5.32 Å². The Morgan fingerprint density at radius 2 is 1.84 bits per heavy atom. The van der Waals surface area contributed by atoms with Gasteiger partial charge in [0.2, 0.25) is 0 Å². The number of aromatic carboxylic acids is 1. The number of anilines is 1. The van der Waals surface area contributed by atoms with Crippen LogP contribution in [0.2, 0.25) is 0 Å². The van der Waals surface area contributed by atoms with Crippen LogP contribution in [0.5, 0.6) is 0 Å². The van der Waals surface area contributed by atoms with Crippen molar-refractivity contribution < 1.29 is 27.9 Å². The van der Waals surface area contributed by atoms with E-state index < -0.39 is 29.2 Å². The number of amides is 1. The van der Waals surface area contributed by atoms with Crippen molar-refractivity contribution in [2.24, 2.45) is 0 Å². The van der Waals surface area contributed by atoms with E-state index in [2.05, 4.69) is 0 Å². The molecule has 2 N–H and O–H groups in total. The Kier molecular flexibility index (Phi) is 3.28. The second-order valence-electron chi connectivity index (χ2n) is 3.56. The summed E-state index contributed by atoms with van der Waals surface area (Å²) < 4.78 is 31.3. The van der Waals surface area contributed by atoms with Crippen molar-refractivity contribution in [3.63, 3.8) is 0 Å². The highest BCUT2D eigenvalue weighted by molar-refractivity contribution is 6.03. The lowest BCUT2D eigenvalue weighted by Gasteiger charge is -2.05. The van der Waals surface area contributed by atoms with Gasteiger partial charge in [0.1, 0.15) is 23.6 Å². The summed E-state index contributed by atoms with van der Waals surface area (Å²) in [6, 6.07) is 4.05. The van der Waals surface area contributed by atoms with Crippen LogP contribution in [0.3, 0.4) is 0 Å². The number of rotatable bonds is 3. The largest absolute Gasteiger partial charge is 0.478 e. The molecule has 98 valence electrons. The molecule has 1 aromatic carbocycles. The molecule has 0 saturated heterocycles. The summed E-state index contributed by atoms with van der Waals surface area (Å²) >= 11 is 0. The first-order valence-electron chi connectivity index (χ1n) is 5.06. The summed E-state index contributed by atoms with van der Waals surface area (Å²) in [4.78, 5) is 22.2. The van der Waals surface area contributed by atoms with E-state index in [0.29, 0.717) is 0 Å². The molecule has 0 aliphatic carbocycles. The third-order valence-electron chi connectivity index (χ3n) is 2.27. The van der Waals surface area contributed by atoms with E-state index in [1.165, 1.54) is 0 Å². The van der Waals surface area contributed by atoms with Gasteiger partial charge in [-0.25, -0.2) is 13.6 Å². The molecule has 5 nitrogen and oxygen atoms in total. The minimum absolute atomic E-state index is 0.237. The molecular formula is C12H7F2NO4. The average Bonchev–Trinajstić information content (AvgIpc) is 2.83. The number of carboxylic acids is 1. The van der Waals surface area contributed by atoms with E-state index in [4.69, 9.17) is 9.52 Å². The lowest BCUT2D eigenvalue weighted by Crippen LogP contribution is -2.13. The summed E-state index contributed by atoms with van der Waals surface area (Å²) in [5.74, 6) is -4.48. The van der Waals surface area contributed by atoms with Gasteiger partial charge < -0.3 is 14.8 Å². The predicted octanol–water partition coefficient (Wildman–Crippen LogP) is 2.51. The van der Waals surface area contributed by atoms with E-state index in [1.54, 1.807) is 0 Å². The number of benzene rings is 1. The summed E-state index contributed by atoms with van der Waals surface area (Å²) in [7, 11) is 0. The van der Waals surface area contributed by atoms with Gasteiger partial charge in [0, 0.05) is 6.07 Å². The predicted molar refractivity (Wildman–Crippen MR) is 60.0 cm³/mol. The Bertz CT molecular complexity index is 631. The smallest absolute Gasteiger partial charge is 0.338 e. The topological polar surface area (TPSA) is 79.5 Å². The summed E-state index contributed by atoms with van der Waals surface area (Å²) in [6.07, 6.45) is 0.856. The fourth-order valence-electron chi connectivity index (χ4n) is 1.36. The molecule has 0 bridgehead atoms. The number of hydrogen-bond donors (Lipinski definition) is 2. The molecule has 0 aliphatic heterocycles. The van der Waals surface area contributed by atoms with Crippen LogP contribution in [0, 0.1) is 11.6 Å². The van der Waals surface area contributed by atoms with Gasteiger partial charge in [0.15, 0.2) is 5.76 Å². The molecule has 1 aromatic heterocycles. The lowest BCUT2D eigenvalue weighted by atomic mass is 10.2. The fourth-order valence-corrected chi connectivity index (χ4v) is 1.36. The summed E-state index contributed by atoms with van der Waals surface area (Å²) in [5, 5.41) is 10.6. The number of para-hydroxylation sites is 1. The first-order chi connectivity index (χ1) is 8.99. The molecule has 0 aliphatic rings. The molecule has 0 saturated carbocycles. The minimum atomic E-state index is -1.28. The van der Waals surface area contributed by atoms with E-state index in [0.717, 1.165) is 30.5 Å². The highest BCUT2D eigenvalue weighted by Gasteiger charge is 2.17. The van der Waals surface area contributed by atoms with Crippen molar-refractivity contribution >= 4 is 17.6 Å². The third kappa shape index (κ3) is 2.59. The molecule has 0 unspecified atom stereocenters. The molecule has 2 rings (SSSR count). The van der Waals surface area contributed by atoms with Crippen LogP contribution in [-0.4, -0.2) is 17.0 Å². The van der Waals surface area contributed by atoms with Gasteiger partial charge in [0.25, 0.3) is 5.91 Å². The molecule has 0 fully saturated rings. The standard InChI is InChI=1S/C12H7F2NO4/c13-7-2-1-3-8(14)10(7)15-11(16)9-4-6(5-19-9)12(17)18/h1-5H,(H,15,16)(H,17,18). The van der Waals surface area contributed by atoms with Crippen LogP contribution in [-0.2, 0) is 0 Å². The molecule has 0 spiro atoms. The normalized spacial score (nSPS) is 10.2. The molecule has 19 heavy (non-hydrogen) atoms. The Balaban J connectivity index is 2.23. The van der Waals surface area contributed by atoms with Gasteiger partial charge >= 0.3 is 5.97 Å². The molecule has 2 aromatic rings. The summed E-state index contributed by atoms with van der Waals surface area (Å²) in [6.45, 7) is 0. The number of furan rings is 1. The Morgan fingerprint density at radius 3 is 2.37 bits per heavy atom. The van der Waals surface area contributed by atoms with Crippen LogP contribution >= 0.6 is 0 Å². The average molecular weight is 267 g/mol. The van der Waals surface area contributed by atoms with Crippen molar-refractivity contribution in [1.29, 1.82) is 0 Å². The Hall–Kier alpha value is -2.70. The fraction of sp³-hybridized carbons (Fsp3) is 0. The summed E-state index contributed by atoms with van der Waals surface area (Å²) in [5.41, 5.74) is -0.861. The SMILES string of the molecule is O=C(O)c1coc(C(=O)Nc2c(F)cccc2F)c1. The van der Waals surface area contributed by atoms with Crippen molar-refractivity contribution in [3.8, 4) is 0 Å². The highest BCUT2D eigenvalue weighted by Crippen LogP contribution is 2.19. The molecule has 1 heterocycles. The maximum absolute atomic E-state index is 13.3. The van der Waals surface area contributed by atoms with E-state index in [9.17, 15) is 18.4 Å². The van der Waals surface area contributed by atoms with E-state index in [-0.39, 0.29) is 11.3 Å². The number of carbonyl (C=O) groups excluding carboxylic acids is 1. The van der Waals surface area contributed by atoms with Gasteiger partial charge in [-0.15, -0.1) is 0 Å². The van der Waals surface area contributed by atoms with Gasteiger partial charge in [-0.1, -0.05) is 6.07 Å². The zero-order valence-corrected chi connectivity index (χ0v) is 9.31. The van der Waals surface area contributed by atoms with Crippen molar-refractivity contribution in [1.82, 2.24) is 0 Å². The van der Waals surface area contributed by atoms with Crippen LogP contribution in [0.1, 0.15) is 20.9 Å². The molecule has 1 amide bonds. The van der Waals surface area contributed by atoms with Gasteiger partial charge in [0.05, 0.1) is 5.56 Å². The van der Waals surface area contributed by atoms with Crippen molar-refractivity contribution in [3.05, 3.63) is 53.5 Å². The highest BCUT2D eigenvalue weighted by atomic mass is 19.1. The van der Waals surface area contributed by atoms with Crippen LogP contribution in [0.15, 0.2) is 34.9 Å². The molecule has 0 radical (unpaired) electrons. The zero-order chi connectivity index (χ0) is 14.0. The Morgan fingerprint density at radius 1 is 1.21 bits per heavy atom. The molecule has 7 heteroatoms. The van der Waals surface area contributed by atoms with E-state index >= 15 is 0 Å². The zero-order valence-electron chi connectivity index (χ0n) is 9.31. The number of halogens is 2. The number of hydrogen-bond acceptors (Lipinski definition) is 3. The van der Waals surface area contributed by atoms with Crippen molar-refractivity contribution in [2.75, 3.05) is 5.32 Å². The second kappa shape index (κ2) is 4.89. The van der Waals surface area contributed by atoms with Gasteiger partial charge in [-0.2, -0.15) is 0 Å². The second-order valence-corrected chi connectivity index (χ2v) is 3.56. The maximum atomic E-state index is 13.3. The van der Waals surface area contributed by atoms with Crippen molar-refractivity contribution in [2.45, 2.75) is 0 Å². The quantitative estimate of drug-likeness (QED) is 0.895.